The summed E-state index contributed by atoms with van der Waals surface area (Å²) in [5, 5.41) is 0. The van der Waals surface area contributed by atoms with E-state index in [1.807, 2.05) is 0 Å². The molecule has 1 spiro atoms. The van der Waals surface area contributed by atoms with E-state index in [2.05, 4.69) is 109 Å². The van der Waals surface area contributed by atoms with Crippen molar-refractivity contribution in [3.8, 4) is 22.3 Å². The SMILES string of the molecule is C.Cc1c(C)c(C)c2c(c1C)-c1c(C)c(C)c(C)c(C)c1C21c2c(C)c(C)c(C)c(C)c2-c2c(C)c(C)c(C)c(CN3CCC3)c21. The molecule has 0 amide bonds. The van der Waals surface area contributed by atoms with Crippen LogP contribution in [-0.4, -0.2) is 18.0 Å². The van der Waals surface area contributed by atoms with Crippen molar-refractivity contribution in [1.82, 2.24) is 4.90 Å². The number of hydrogen-bond donors (Lipinski definition) is 0. The molecule has 46 heavy (non-hydrogen) atoms. The average Bonchev–Trinajstić information content (AvgIpc) is 3.48. The van der Waals surface area contributed by atoms with Gasteiger partial charge < -0.3 is 0 Å². The fourth-order valence-electron chi connectivity index (χ4n) is 9.94. The first-order chi connectivity index (χ1) is 21.1. The molecule has 0 unspecified atom stereocenters. The first-order valence-electron chi connectivity index (χ1n) is 17.3. The van der Waals surface area contributed by atoms with Crippen molar-refractivity contribution in [3.63, 3.8) is 0 Å². The number of benzene rings is 4. The number of likely N-dealkylation sites (tertiary alicyclic amines) is 1. The quantitative estimate of drug-likeness (QED) is 0.188. The summed E-state index contributed by atoms with van der Waals surface area (Å²) in [4.78, 5) is 2.69. The van der Waals surface area contributed by atoms with E-state index in [1.165, 1.54) is 125 Å². The summed E-state index contributed by atoms with van der Waals surface area (Å²) in [7, 11) is 0. The maximum Gasteiger partial charge on any atom is 0.0737 e. The van der Waals surface area contributed by atoms with Crippen LogP contribution in [-0.2, 0) is 12.0 Å². The largest absolute Gasteiger partial charge is 0.299 e. The number of rotatable bonds is 2. The Morgan fingerprint density at radius 1 is 0.370 bits per heavy atom. The third-order valence-electron chi connectivity index (χ3n) is 13.9. The third-order valence-corrected chi connectivity index (χ3v) is 13.9. The number of fused-ring (bicyclic) bond motifs is 10. The third kappa shape index (κ3) is 3.57. The molecule has 7 rings (SSSR count). The molecule has 0 aromatic heterocycles. The normalized spacial score (nSPS) is 15.5. The molecular formula is C45H57N. The highest BCUT2D eigenvalue weighted by atomic mass is 15.2. The minimum Gasteiger partial charge on any atom is -0.299 e. The maximum atomic E-state index is 2.69. The first-order valence-corrected chi connectivity index (χ1v) is 17.3. The Balaban J connectivity index is 0.00000372. The van der Waals surface area contributed by atoms with Crippen molar-refractivity contribution in [1.29, 1.82) is 0 Å². The predicted octanol–water partition coefficient (Wildman–Crippen LogP) is 11.5. The minimum absolute atomic E-state index is 0. The molecule has 2 aliphatic carbocycles. The molecule has 0 radical (unpaired) electrons. The lowest BCUT2D eigenvalue weighted by Crippen LogP contribution is -2.38. The van der Waals surface area contributed by atoms with Gasteiger partial charge in [0.1, 0.15) is 0 Å². The van der Waals surface area contributed by atoms with Gasteiger partial charge in [0.15, 0.2) is 0 Å². The van der Waals surface area contributed by atoms with Crippen LogP contribution in [0.3, 0.4) is 0 Å². The van der Waals surface area contributed by atoms with Crippen LogP contribution >= 0.6 is 0 Å². The van der Waals surface area contributed by atoms with Crippen molar-refractivity contribution in [3.05, 3.63) is 111 Å². The summed E-state index contributed by atoms with van der Waals surface area (Å²) in [5.41, 5.74) is 35.7. The van der Waals surface area contributed by atoms with Gasteiger partial charge in [-0.25, -0.2) is 0 Å². The molecule has 0 N–H and O–H groups in total. The van der Waals surface area contributed by atoms with E-state index in [-0.39, 0.29) is 12.8 Å². The second-order valence-electron chi connectivity index (χ2n) is 15.2. The van der Waals surface area contributed by atoms with E-state index in [1.54, 1.807) is 27.8 Å². The Hall–Kier alpha value is -3.16. The van der Waals surface area contributed by atoms with Gasteiger partial charge >= 0.3 is 0 Å². The van der Waals surface area contributed by atoms with Gasteiger partial charge in [0, 0.05) is 6.54 Å². The predicted molar refractivity (Wildman–Crippen MR) is 200 cm³/mol. The molecule has 1 heterocycles. The summed E-state index contributed by atoms with van der Waals surface area (Å²) in [5.74, 6) is 0. The second-order valence-corrected chi connectivity index (χ2v) is 15.2. The topological polar surface area (TPSA) is 3.24 Å². The zero-order valence-corrected chi connectivity index (χ0v) is 30.8. The monoisotopic (exact) mass is 611 g/mol. The van der Waals surface area contributed by atoms with Crippen LogP contribution in [0.4, 0.5) is 0 Å². The molecule has 0 atom stereocenters. The molecule has 1 saturated heterocycles. The molecule has 1 aliphatic heterocycles. The smallest absolute Gasteiger partial charge is 0.0737 e. The lowest BCUT2D eigenvalue weighted by atomic mass is 9.63. The average molecular weight is 612 g/mol. The van der Waals surface area contributed by atoms with Crippen LogP contribution in [0.1, 0.15) is 125 Å². The molecular weight excluding hydrogens is 555 g/mol. The lowest BCUT2D eigenvalue weighted by Gasteiger charge is -2.39. The van der Waals surface area contributed by atoms with Crippen LogP contribution in [0.5, 0.6) is 0 Å². The van der Waals surface area contributed by atoms with E-state index in [0.717, 1.165) is 6.54 Å². The minimum atomic E-state index is -0.341. The molecule has 0 bridgehead atoms. The highest BCUT2D eigenvalue weighted by molar-refractivity contribution is 6.02. The van der Waals surface area contributed by atoms with Crippen molar-refractivity contribution >= 4 is 0 Å². The van der Waals surface area contributed by atoms with Crippen LogP contribution in [0, 0.1) is 104 Å². The van der Waals surface area contributed by atoms with Crippen molar-refractivity contribution in [2.45, 2.75) is 130 Å². The van der Waals surface area contributed by atoms with E-state index in [4.69, 9.17) is 0 Å². The standard InChI is InChI=1S/C44H53N.CH4/c1-20-23(4)32(13)40-36(28(20)9)37-29(10)21(2)24(5)33(14)41(37)44(40)42-34(15)25(6)22(3)30(11)38(42)39-31(12)26(7)27(8)35(43(39)44)19-45-17-16-18-45;/h16-19H2,1-15H3;1H4. The fourth-order valence-corrected chi connectivity index (χ4v) is 9.94. The van der Waals surface area contributed by atoms with Gasteiger partial charge in [0.05, 0.1) is 5.41 Å². The van der Waals surface area contributed by atoms with Gasteiger partial charge in [-0.1, -0.05) is 7.43 Å². The van der Waals surface area contributed by atoms with Gasteiger partial charge in [-0.3, -0.25) is 4.90 Å². The summed E-state index contributed by atoms with van der Waals surface area (Å²) in [6, 6.07) is 0. The summed E-state index contributed by atoms with van der Waals surface area (Å²) < 4.78 is 0. The Kier molecular flexibility index (Phi) is 7.42. The second kappa shape index (κ2) is 10.4. The number of hydrogen-bond acceptors (Lipinski definition) is 1. The molecule has 1 heteroatoms. The van der Waals surface area contributed by atoms with Crippen LogP contribution in [0.25, 0.3) is 22.3 Å². The molecule has 3 aliphatic rings. The van der Waals surface area contributed by atoms with E-state index in [9.17, 15) is 0 Å². The molecule has 242 valence electrons. The van der Waals surface area contributed by atoms with E-state index in [0.29, 0.717) is 0 Å². The van der Waals surface area contributed by atoms with Crippen LogP contribution in [0.2, 0.25) is 0 Å². The van der Waals surface area contributed by atoms with E-state index < -0.39 is 0 Å². The van der Waals surface area contributed by atoms with Gasteiger partial charge in [0.2, 0.25) is 0 Å². The van der Waals surface area contributed by atoms with Crippen molar-refractivity contribution < 1.29 is 0 Å². The maximum absolute atomic E-state index is 2.69. The summed E-state index contributed by atoms with van der Waals surface area (Å²) in [6.45, 7) is 39.5. The van der Waals surface area contributed by atoms with Gasteiger partial charge in [-0.05, 0) is 257 Å². The lowest BCUT2D eigenvalue weighted by molar-refractivity contribution is 0.171. The molecule has 4 aromatic carbocycles. The van der Waals surface area contributed by atoms with Gasteiger partial charge in [-0.2, -0.15) is 0 Å². The zero-order chi connectivity index (χ0) is 32.8. The number of nitrogens with zero attached hydrogens (tertiary/aromatic N) is 1. The summed E-state index contributed by atoms with van der Waals surface area (Å²) in [6.07, 6.45) is 1.31. The summed E-state index contributed by atoms with van der Waals surface area (Å²) >= 11 is 0. The van der Waals surface area contributed by atoms with Gasteiger partial charge in [0.25, 0.3) is 0 Å². The van der Waals surface area contributed by atoms with Crippen LogP contribution < -0.4 is 0 Å². The Morgan fingerprint density at radius 2 is 0.652 bits per heavy atom. The Labute approximate surface area is 280 Å². The molecule has 1 nitrogen and oxygen atoms in total. The molecule has 4 aromatic rings. The van der Waals surface area contributed by atoms with Crippen molar-refractivity contribution in [2.24, 2.45) is 0 Å². The van der Waals surface area contributed by atoms with Crippen molar-refractivity contribution in [2.75, 3.05) is 13.1 Å². The van der Waals surface area contributed by atoms with Gasteiger partial charge in [-0.15, -0.1) is 0 Å². The Bertz CT molecular complexity index is 1940. The van der Waals surface area contributed by atoms with Crippen LogP contribution in [0.15, 0.2) is 0 Å². The van der Waals surface area contributed by atoms with E-state index >= 15 is 0 Å². The highest BCUT2D eigenvalue weighted by Crippen LogP contribution is 2.69. The fraction of sp³-hybridized carbons (Fsp3) is 0.467. The highest BCUT2D eigenvalue weighted by Gasteiger charge is 2.57. The first kappa shape index (κ1) is 32.8. The molecule has 0 saturated carbocycles. The Morgan fingerprint density at radius 3 is 0.957 bits per heavy atom. The zero-order valence-electron chi connectivity index (χ0n) is 30.8. The molecule has 1 fully saturated rings.